The van der Waals surface area contributed by atoms with E-state index < -0.39 is 0 Å². The fourth-order valence-corrected chi connectivity index (χ4v) is 1.59. The molecule has 1 aliphatic rings. The van der Waals surface area contributed by atoms with E-state index in [0.717, 1.165) is 26.1 Å². The normalized spacial score (nSPS) is 15.8. The molecule has 17 heavy (non-hydrogen) atoms. The largest absolute Gasteiger partial charge is 0.381 e. The molecule has 0 atom stereocenters. The summed E-state index contributed by atoms with van der Waals surface area (Å²) in [6.45, 7) is 1.47. The number of hydrogen-bond acceptors (Lipinski definition) is 3. The van der Waals surface area contributed by atoms with Crippen molar-refractivity contribution >= 4 is 11.7 Å². The highest BCUT2D eigenvalue weighted by Crippen LogP contribution is 2.12. The molecular weight excluding hydrogens is 216 g/mol. The summed E-state index contributed by atoms with van der Waals surface area (Å²) < 4.78 is 5.22. The fraction of sp³-hybridized carbons (Fsp3) is 0.385. The number of ether oxygens (including phenoxy) is 1. The van der Waals surface area contributed by atoms with Crippen LogP contribution >= 0.6 is 0 Å². The van der Waals surface area contributed by atoms with Crippen LogP contribution in [0.25, 0.3) is 0 Å². The van der Waals surface area contributed by atoms with Crippen molar-refractivity contribution in [3.8, 4) is 11.8 Å². The summed E-state index contributed by atoms with van der Waals surface area (Å²) >= 11 is 0. The first-order valence-electron chi connectivity index (χ1n) is 5.66. The van der Waals surface area contributed by atoms with Gasteiger partial charge in [0.2, 0.25) is 0 Å². The van der Waals surface area contributed by atoms with Crippen molar-refractivity contribution in [2.45, 2.75) is 12.8 Å². The van der Waals surface area contributed by atoms with Crippen LogP contribution < -0.4 is 5.32 Å². The number of nitrogens with one attached hydrogen (secondary N) is 1. The van der Waals surface area contributed by atoms with Crippen molar-refractivity contribution in [1.82, 2.24) is 4.98 Å². The van der Waals surface area contributed by atoms with Gasteiger partial charge in [-0.2, -0.15) is 0 Å². The Morgan fingerprint density at radius 3 is 2.94 bits per heavy atom. The Morgan fingerprint density at radius 2 is 2.24 bits per heavy atom. The maximum atomic E-state index is 11.5. The van der Waals surface area contributed by atoms with E-state index >= 15 is 0 Å². The average molecular weight is 230 g/mol. The quantitative estimate of drug-likeness (QED) is 0.743. The molecule has 0 saturated carbocycles. The zero-order valence-corrected chi connectivity index (χ0v) is 9.48. The van der Waals surface area contributed by atoms with E-state index in [9.17, 15) is 4.79 Å². The zero-order valence-electron chi connectivity index (χ0n) is 9.48. The third-order valence-electron chi connectivity index (χ3n) is 2.52. The van der Waals surface area contributed by atoms with Gasteiger partial charge in [0.25, 0.3) is 0 Å². The summed E-state index contributed by atoms with van der Waals surface area (Å²) in [4.78, 5) is 15.5. The number of amides is 1. The highest BCUT2D eigenvalue weighted by molar-refractivity contribution is 6.03. The molecule has 0 bridgehead atoms. The number of carbonyl (C=O) groups is 1. The zero-order chi connectivity index (χ0) is 11.9. The lowest BCUT2D eigenvalue weighted by atomic mass is 10.0. The maximum Gasteiger partial charge on any atom is 0.301 e. The van der Waals surface area contributed by atoms with Crippen molar-refractivity contribution in [3.63, 3.8) is 0 Å². The monoisotopic (exact) mass is 230 g/mol. The fourth-order valence-electron chi connectivity index (χ4n) is 1.59. The molecule has 4 heteroatoms. The second-order valence-electron chi connectivity index (χ2n) is 3.83. The van der Waals surface area contributed by atoms with Crippen molar-refractivity contribution < 1.29 is 9.53 Å². The van der Waals surface area contributed by atoms with Gasteiger partial charge >= 0.3 is 5.91 Å². The smallest absolute Gasteiger partial charge is 0.301 e. The number of pyridine rings is 1. The van der Waals surface area contributed by atoms with E-state index in [2.05, 4.69) is 22.1 Å². The molecule has 88 valence electrons. The molecule has 1 saturated heterocycles. The van der Waals surface area contributed by atoms with E-state index in [0.29, 0.717) is 5.82 Å². The summed E-state index contributed by atoms with van der Waals surface area (Å²) in [6, 6.07) is 5.34. The molecule has 0 aromatic carbocycles. The van der Waals surface area contributed by atoms with Crippen LogP contribution in [-0.4, -0.2) is 24.1 Å². The predicted octanol–water partition coefficient (Wildman–Crippen LogP) is 1.45. The molecule has 0 unspecified atom stereocenters. The predicted molar refractivity (Wildman–Crippen MR) is 64.2 cm³/mol. The Bertz CT molecular complexity index is 428. The lowest BCUT2D eigenvalue weighted by Gasteiger charge is -2.16. The van der Waals surface area contributed by atoms with Crippen molar-refractivity contribution in [1.29, 1.82) is 0 Å². The first-order valence-corrected chi connectivity index (χ1v) is 5.66. The third-order valence-corrected chi connectivity index (χ3v) is 2.52. The van der Waals surface area contributed by atoms with Crippen LogP contribution in [0.4, 0.5) is 5.82 Å². The van der Waals surface area contributed by atoms with Crippen LogP contribution in [0.5, 0.6) is 0 Å². The Balaban J connectivity index is 1.86. The molecule has 1 aromatic rings. The van der Waals surface area contributed by atoms with Gasteiger partial charge in [0.1, 0.15) is 5.82 Å². The van der Waals surface area contributed by atoms with Gasteiger partial charge in [-0.05, 0) is 30.9 Å². The molecule has 0 radical (unpaired) electrons. The maximum absolute atomic E-state index is 11.5. The van der Waals surface area contributed by atoms with Gasteiger partial charge in [-0.15, -0.1) is 0 Å². The first kappa shape index (κ1) is 11.6. The van der Waals surface area contributed by atoms with Gasteiger partial charge in [0.05, 0.1) is 0 Å². The number of rotatable bonds is 1. The number of hydrogen-bond donors (Lipinski definition) is 1. The number of anilines is 1. The lowest BCUT2D eigenvalue weighted by molar-refractivity contribution is -0.111. The molecule has 1 aliphatic heterocycles. The van der Waals surface area contributed by atoms with Crippen LogP contribution in [0.2, 0.25) is 0 Å². The second kappa shape index (κ2) is 6.02. The van der Waals surface area contributed by atoms with E-state index in [1.165, 1.54) is 0 Å². The summed E-state index contributed by atoms with van der Waals surface area (Å²) in [5.74, 6) is 6.07. The SMILES string of the molecule is O=C(C#CC1CCOCC1)Nc1ccccn1. The van der Waals surface area contributed by atoms with E-state index in [-0.39, 0.29) is 11.8 Å². The molecule has 1 aromatic heterocycles. The topological polar surface area (TPSA) is 51.2 Å². The Hall–Kier alpha value is -1.86. The molecule has 1 amide bonds. The summed E-state index contributed by atoms with van der Waals surface area (Å²) in [5, 5.41) is 2.63. The highest BCUT2D eigenvalue weighted by Gasteiger charge is 2.10. The summed E-state index contributed by atoms with van der Waals surface area (Å²) in [5.41, 5.74) is 0. The number of carbonyl (C=O) groups excluding carboxylic acids is 1. The summed E-state index contributed by atoms with van der Waals surface area (Å²) in [7, 11) is 0. The van der Waals surface area contributed by atoms with Gasteiger partial charge in [0, 0.05) is 25.3 Å². The number of aromatic nitrogens is 1. The van der Waals surface area contributed by atoms with Gasteiger partial charge in [0.15, 0.2) is 0 Å². The van der Waals surface area contributed by atoms with E-state index in [1.807, 2.05) is 6.07 Å². The lowest BCUT2D eigenvalue weighted by Crippen LogP contribution is -2.15. The summed E-state index contributed by atoms with van der Waals surface area (Å²) in [6.07, 6.45) is 3.44. The van der Waals surface area contributed by atoms with Crippen molar-refractivity contribution in [2.75, 3.05) is 18.5 Å². The minimum absolute atomic E-state index is 0.276. The van der Waals surface area contributed by atoms with Crippen molar-refractivity contribution in [2.24, 2.45) is 5.92 Å². The Morgan fingerprint density at radius 1 is 1.41 bits per heavy atom. The molecule has 0 spiro atoms. The van der Waals surface area contributed by atoms with Gasteiger partial charge in [-0.1, -0.05) is 12.0 Å². The van der Waals surface area contributed by atoms with E-state index in [4.69, 9.17) is 4.74 Å². The minimum atomic E-state index is -0.310. The van der Waals surface area contributed by atoms with Gasteiger partial charge < -0.3 is 4.74 Å². The average Bonchev–Trinajstić information content (AvgIpc) is 2.39. The van der Waals surface area contributed by atoms with Gasteiger partial charge in [-0.3, -0.25) is 10.1 Å². The van der Waals surface area contributed by atoms with Crippen LogP contribution in [0.3, 0.4) is 0 Å². The Labute approximate surface area is 100 Å². The van der Waals surface area contributed by atoms with Crippen LogP contribution in [-0.2, 0) is 9.53 Å². The standard InChI is InChI=1S/C13H14N2O2/c16-13(15-12-3-1-2-8-14-12)5-4-11-6-9-17-10-7-11/h1-3,8,11H,6-7,9-10H2,(H,14,15,16). The molecular formula is C13H14N2O2. The Kier molecular flexibility index (Phi) is 4.11. The molecule has 2 rings (SSSR count). The molecule has 4 nitrogen and oxygen atoms in total. The molecule has 0 aliphatic carbocycles. The van der Waals surface area contributed by atoms with E-state index in [1.54, 1.807) is 18.3 Å². The molecule has 1 N–H and O–H groups in total. The van der Waals surface area contributed by atoms with Crippen LogP contribution in [0.1, 0.15) is 12.8 Å². The number of nitrogens with zero attached hydrogens (tertiary/aromatic N) is 1. The second-order valence-corrected chi connectivity index (χ2v) is 3.83. The first-order chi connectivity index (χ1) is 8.34. The van der Waals surface area contributed by atoms with Crippen LogP contribution in [0, 0.1) is 17.8 Å². The minimum Gasteiger partial charge on any atom is -0.381 e. The molecule has 2 heterocycles. The highest BCUT2D eigenvalue weighted by atomic mass is 16.5. The molecule has 1 fully saturated rings. The third kappa shape index (κ3) is 3.89. The van der Waals surface area contributed by atoms with Crippen LogP contribution in [0.15, 0.2) is 24.4 Å². The van der Waals surface area contributed by atoms with Gasteiger partial charge in [-0.25, -0.2) is 4.98 Å². The van der Waals surface area contributed by atoms with Crippen molar-refractivity contribution in [3.05, 3.63) is 24.4 Å².